The van der Waals surface area contributed by atoms with Gasteiger partial charge in [0.2, 0.25) is 5.69 Å². The topological polar surface area (TPSA) is 107 Å². The lowest BCUT2D eigenvalue weighted by Gasteiger charge is -1.96. The molecular formula is C18H11BrN3O5S2+. The number of nitro benzene ring substituents is 2. The summed E-state index contributed by atoms with van der Waals surface area (Å²) in [5.74, 6) is -0.235. The number of thiazole rings is 1. The van der Waals surface area contributed by atoms with Crippen LogP contribution >= 0.6 is 40.1 Å². The average Bonchev–Trinajstić information content (AvgIpc) is 3.23. The number of halogens is 1. The van der Waals surface area contributed by atoms with Crippen molar-refractivity contribution in [2.45, 2.75) is 4.34 Å². The molecule has 146 valence electrons. The van der Waals surface area contributed by atoms with Crippen molar-refractivity contribution in [3.8, 4) is 11.3 Å². The minimum absolute atomic E-state index is 0. The Labute approximate surface area is 182 Å². The van der Waals surface area contributed by atoms with E-state index in [1.54, 1.807) is 35.7 Å². The number of nitrogens with zero attached hydrogens (tertiary/aromatic N) is 3. The van der Waals surface area contributed by atoms with Gasteiger partial charge >= 0.3 is 10.2 Å². The molecule has 0 unspecified atom stereocenters. The summed E-state index contributed by atoms with van der Waals surface area (Å²) in [6.45, 7) is 0. The van der Waals surface area contributed by atoms with E-state index in [4.69, 9.17) is 0 Å². The highest BCUT2D eigenvalue weighted by Crippen LogP contribution is 2.38. The fraction of sp³-hybridized carbons (Fsp3) is 0. The monoisotopic (exact) mass is 492 g/mol. The summed E-state index contributed by atoms with van der Waals surface area (Å²) in [5, 5.41) is 23.6. The van der Waals surface area contributed by atoms with Gasteiger partial charge in [-0.1, -0.05) is 17.4 Å². The summed E-state index contributed by atoms with van der Waals surface area (Å²) in [6, 6.07) is 12.1. The number of carbonyl (C=O) groups excluding carboxylic acids is 1. The van der Waals surface area contributed by atoms with E-state index in [-0.39, 0.29) is 34.3 Å². The Bertz CT molecular complexity index is 1170. The SMILES string of the molecule is Br.O=C1/C(=C\c2ccc([N+](=O)[O-])cc2)Sc2scc(-c3cccc([N+](=O)[O-])c3)[n+]21. The van der Waals surface area contributed by atoms with Crippen molar-refractivity contribution in [2.24, 2.45) is 0 Å². The first-order valence-electron chi connectivity index (χ1n) is 7.91. The Morgan fingerprint density at radius 3 is 2.31 bits per heavy atom. The van der Waals surface area contributed by atoms with Crippen LogP contribution in [0, 0.1) is 20.2 Å². The number of nitro groups is 2. The number of aromatic nitrogens is 1. The molecule has 29 heavy (non-hydrogen) atoms. The quantitative estimate of drug-likeness (QED) is 0.222. The van der Waals surface area contributed by atoms with Gasteiger partial charge in [-0.3, -0.25) is 20.2 Å². The highest BCUT2D eigenvalue weighted by molar-refractivity contribution is 8.93. The maximum atomic E-state index is 12.9. The molecule has 0 amide bonds. The molecule has 0 radical (unpaired) electrons. The Morgan fingerprint density at radius 1 is 0.966 bits per heavy atom. The van der Waals surface area contributed by atoms with Crippen molar-refractivity contribution in [3.63, 3.8) is 0 Å². The highest BCUT2D eigenvalue weighted by Gasteiger charge is 2.41. The van der Waals surface area contributed by atoms with Gasteiger partial charge < -0.3 is 0 Å². The summed E-state index contributed by atoms with van der Waals surface area (Å²) in [7, 11) is 0. The van der Waals surface area contributed by atoms with Crippen molar-refractivity contribution in [1.29, 1.82) is 0 Å². The van der Waals surface area contributed by atoms with E-state index in [1.165, 1.54) is 51.9 Å². The second-order valence-corrected chi connectivity index (χ2v) is 7.94. The number of hydrogen-bond acceptors (Lipinski definition) is 7. The Morgan fingerprint density at radius 2 is 1.66 bits per heavy atom. The third-order valence-corrected chi connectivity index (χ3v) is 6.19. The minimum Gasteiger partial charge on any atom is -0.258 e. The fourth-order valence-electron chi connectivity index (χ4n) is 2.73. The number of hydrogen-bond donors (Lipinski definition) is 0. The van der Waals surface area contributed by atoms with Gasteiger partial charge in [0, 0.05) is 36.0 Å². The number of thioether (sulfide) groups is 1. The van der Waals surface area contributed by atoms with E-state index in [1.807, 2.05) is 0 Å². The van der Waals surface area contributed by atoms with Gasteiger partial charge in [-0.15, -0.1) is 21.5 Å². The molecule has 0 saturated carbocycles. The van der Waals surface area contributed by atoms with Crippen LogP contribution in [0.5, 0.6) is 0 Å². The first-order chi connectivity index (χ1) is 13.4. The van der Waals surface area contributed by atoms with Crippen LogP contribution in [-0.2, 0) is 0 Å². The molecule has 2 aromatic carbocycles. The molecule has 1 aromatic heterocycles. The van der Waals surface area contributed by atoms with Crippen LogP contribution in [0.25, 0.3) is 17.3 Å². The third kappa shape index (κ3) is 3.97. The smallest absolute Gasteiger partial charge is 0.258 e. The largest absolute Gasteiger partial charge is 0.433 e. The zero-order chi connectivity index (χ0) is 19.8. The zero-order valence-electron chi connectivity index (χ0n) is 14.4. The lowest BCUT2D eigenvalue weighted by molar-refractivity contribution is -0.588. The molecule has 2 heterocycles. The van der Waals surface area contributed by atoms with Crippen LogP contribution < -0.4 is 4.57 Å². The lowest BCUT2D eigenvalue weighted by Crippen LogP contribution is -2.40. The van der Waals surface area contributed by atoms with E-state index in [0.29, 0.717) is 21.7 Å². The molecule has 0 atom stereocenters. The van der Waals surface area contributed by atoms with Crippen molar-refractivity contribution in [1.82, 2.24) is 0 Å². The molecule has 1 aliphatic heterocycles. The van der Waals surface area contributed by atoms with Gasteiger partial charge in [0.15, 0.2) is 0 Å². The van der Waals surface area contributed by atoms with Crippen LogP contribution in [-0.4, -0.2) is 15.8 Å². The van der Waals surface area contributed by atoms with Crippen molar-refractivity contribution >= 4 is 63.4 Å². The minimum atomic E-state index is -0.481. The van der Waals surface area contributed by atoms with Gasteiger partial charge in [-0.05, 0) is 29.8 Å². The Balaban J connectivity index is 0.00000240. The maximum absolute atomic E-state index is 12.9. The molecule has 3 aromatic rings. The van der Waals surface area contributed by atoms with E-state index < -0.39 is 9.85 Å². The van der Waals surface area contributed by atoms with Crippen molar-refractivity contribution in [2.75, 3.05) is 0 Å². The number of non-ortho nitro benzene ring substituents is 2. The number of allylic oxidation sites excluding steroid dienone is 1. The van der Waals surface area contributed by atoms with Crippen LogP contribution in [0.3, 0.4) is 0 Å². The third-order valence-electron chi connectivity index (χ3n) is 4.06. The van der Waals surface area contributed by atoms with Gasteiger partial charge in [0.05, 0.1) is 20.8 Å². The van der Waals surface area contributed by atoms with E-state index in [2.05, 4.69) is 0 Å². The van der Waals surface area contributed by atoms with Crippen LogP contribution in [0.15, 0.2) is 63.2 Å². The highest BCUT2D eigenvalue weighted by atomic mass is 79.9. The molecule has 0 N–H and O–H groups in total. The van der Waals surface area contributed by atoms with E-state index in [9.17, 15) is 25.0 Å². The molecule has 1 aliphatic rings. The zero-order valence-corrected chi connectivity index (χ0v) is 17.7. The first-order valence-corrected chi connectivity index (χ1v) is 9.61. The molecule has 0 spiro atoms. The standard InChI is InChI=1S/C18H10N3O5S2.BrH/c22-17-16(8-11-4-6-13(7-5-11)20(23)24)28-18-19(17)15(10-27-18)12-2-1-3-14(9-12)21(25)26;/h1-10H;1H/q+1;/b16-8+;. The summed E-state index contributed by atoms with van der Waals surface area (Å²) >= 11 is 2.68. The number of fused-ring (bicyclic) bond motifs is 1. The first kappa shape index (κ1) is 20.8. The number of benzene rings is 2. The van der Waals surface area contributed by atoms with E-state index >= 15 is 0 Å². The molecule has 4 rings (SSSR count). The normalized spacial score (nSPS) is 13.8. The van der Waals surface area contributed by atoms with Gasteiger partial charge in [-0.25, -0.2) is 4.79 Å². The van der Waals surface area contributed by atoms with Crippen LogP contribution in [0.1, 0.15) is 10.4 Å². The van der Waals surface area contributed by atoms with Gasteiger partial charge in [0.1, 0.15) is 4.91 Å². The molecule has 11 heteroatoms. The average molecular weight is 493 g/mol. The Hall–Kier alpha value is -2.89. The predicted molar refractivity (Wildman–Crippen MR) is 114 cm³/mol. The summed E-state index contributed by atoms with van der Waals surface area (Å²) in [6.07, 6.45) is 1.67. The molecule has 0 fully saturated rings. The van der Waals surface area contributed by atoms with Crippen molar-refractivity contribution in [3.05, 3.63) is 84.6 Å². The molecule has 0 bridgehead atoms. The second-order valence-electron chi connectivity index (χ2n) is 5.79. The predicted octanol–water partition coefficient (Wildman–Crippen LogP) is 4.88. The van der Waals surface area contributed by atoms with Crippen molar-refractivity contribution < 1.29 is 19.2 Å². The summed E-state index contributed by atoms with van der Waals surface area (Å²) in [4.78, 5) is 34.2. The summed E-state index contributed by atoms with van der Waals surface area (Å²) in [5.41, 5.74) is 1.79. The summed E-state index contributed by atoms with van der Waals surface area (Å²) < 4.78 is 2.28. The lowest BCUT2D eigenvalue weighted by atomic mass is 10.1. The van der Waals surface area contributed by atoms with Gasteiger partial charge in [0.25, 0.3) is 11.4 Å². The maximum Gasteiger partial charge on any atom is 0.433 e. The van der Waals surface area contributed by atoms with Gasteiger partial charge in [-0.2, -0.15) is 0 Å². The fourth-order valence-corrected chi connectivity index (χ4v) is 4.91. The molecule has 8 nitrogen and oxygen atoms in total. The number of carbonyl (C=O) groups is 1. The number of rotatable bonds is 4. The van der Waals surface area contributed by atoms with Crippen LogP contribution in [0.4, 0.5) is 11.4 Å². The molecule has 0 saturated heterocycles. The van der Waals surface area contributed by atoms with Crippen LogP contribution in [0.2, 0.25) is 0 Å². The molecule has 0 aliphatic carbocycles. The Kier molecular flexibility index (Phi) is 5.91. The molecular weight excluding hydrogens is 482 g/mol. The van der Waals surface area contributed by atoms with E-state index in [0.717, 1.165) is 4.34 Å². The second kappa shape index (κ2) is 8.23.